The van der Waals surface area contributed by atoms with Gasteiger partial charge in [-0.15, -0.1) is 0 Å². The van der Waals surface area contributed by atoms with Crippen molar-refractivity contribution in [3.63, 3.8) is 0 Å². The molecule has 4 rings (SSSR count). The Morgan fingerprint density at radius 3 is 2.92 bits per heavy atom. The summed E-state index contributed by atoms with van der Waals surface area (Å²) >= 11 is 0. The van der Waals surface area contributed by atoms with Crippen molar-refractivity contribution in [3.8, 4) is 5.75 Å². The second-order valence-corrected chi connectivity index (χ2v) is 7.82. The third kappa shape index (κ3) is 2.41. The topological polar surface area (TPSA) is 83.8 Å². The average molecular weight is 351 g/mol. The molecule has 2 aliphatic rings. The van der Waals surface area contributed by atoms with E-state index < -0.39 is 28.3 Å². The predicted molar refractivity (Wildman–Crippen MR) is 90.5 cm³/mol. The van der Waals surface area contributed by atoms with Crippen molar-refractivity contribution in [2.45, 2.75) is 44.6 Å². The molecule has 0 aliphatic heterocycles. The first-order valence-corrected chi connectivity index (χ1v) is 9.21. The van der Waals surface area contributed by atoms with Gasteiger partial charge in [0.25, 0.3) is 0 Å². The van der Waals surface area contributed by atoms with E-state index in [1.807, 2.05) is 13.0 Å². The first-order chi connectivity index (χ1) is 12.4. The highest BCUT2D eigenvalue weighted by atomic mass is 32.3. The van der Waals surface area contributed by atoms with Crippen LogP contribution in [-0.4, -0.2) is 24.2 Å². The lowest BCUT2D eigenvalue weighted by Crippen LogP contribution is -2.35. The number of aryl methyl sites for hydroxylation is 1. The van der Waals surface area contributed by atoms with Gasteiger partial charge in [-0.2, -0.15) is 8.42 Å². The molecule has 0 bridgehead atoms. The van der Waals surface area contributed by atoms with E-state index in [9.17, 15) is 13.5 Å². The number of aliphatic hydroxyl groups is 1. The van der Waals surface area contributed by atoms with E-state index >= 15 is 0 Å². The largest absolute Gasteiger partial charge is 0.446 e. The number of aliphatic hydroxyl groups excluding tert-OH is 1. The van der Waals surface area contributed by atoms with Crippen molar-refractivity contribution in [1.29, 1.82) is 0 Å². The summed E-state index contributed by atoms with van der Waals surface area (Å²) in [7, 11) is -4.71. The van der Waals surface area contributed by atoms with Crippen LogP contribution in [0.15, 0.2) is 30.3 Å². The monoisotopic (exact) mass is 351 g/mol. The van der Waals surface area contributed by atoms with E-state index in [2.05, 4.69) is 4.18 Å². The SMILES string of the molecule is [2H]c1c(OS(=O)(=O)O)ccc2c3c(ccc12)C1CC([2H])([2H])[C@H](O)[C@@]1(C)CC3. The quantitative estimate of drug-likeness (QED) is 0.812. The maximum atomic E-state index is 11.0. The lowest BCUT2D eigenvalue weighted by Gasteiger charge is -2.40. The Labute approximate surface area is 145 Å². The minimum absolute atomic E-state index is 0.126. The second kappa shape index (κ2) is 5.18. The maximum absolute atomic E-state index is 11.0. The normalized spacial score (nSPS) is 33.2. The maximum Gasteiger partial charge on any atom is 0.446 e. The molecule has 1 unspecified atom stereocenters. The van der Waals surface area contributed by atoms with Crippen LogP contribution in [0.2, 0.25) is 0 Å². The molecule has 2 N–H and O–H groups in total. The summed E-state index contributed by atoms with van der Waals surface area (Å²) in [4.78, 5) is 0. The molecule has 2 aliphatic carbocycles. The molecule has 2 aromatic carbocycles. The van der Waals surface area contributed by atoms with Crippen LogP contribution in [0, 0.1) is 5.41 Å². The van der Waals surface area contributed by atoms with Gasteiger partial charge in [0.15, 0.2) is 0 Å². The molecule has 3 atom stereocenters. The molecule has 1 fully saturated rings. The van der Waals surface area contributed by atoms with Gasteiger partial charge >= 0.3 is 10.4 Å². The van der Waals surface area contributed by atoms with Crippen molar-refractivity contribution < 1.29 is 26.4 Å². The summed E-state index contributed by atoms with van der Waals surface area (Å²) in [5.41, 5.74) is 1.42. The van der Waals surface area contributed by atoms with Gasteiger partial charge in [0, 0.05) is 8.16 Å². The lowest BCUT2D eigenvalue weighted by atomic mass is 9.65. The highest BCUT2D eigenvalue weighted by Gasteiger charge is 2.49. The van der Waals surface area contributed by atoms with Crippen LogP contribution in [-0.2, 0) is 16.8 Å². The first-order valence-electron chi connectivity index (χ1n) is 9.34. The van der Waals surface area contributed by atoms with Crippen molar-refractivity contribution in [3.05, 3.63) is 41.4 Å². The zero-order valence-electron chi connectivity index (χ0n) is 16.1. The van der Waals surface area contributed by atoms with Crippen molar-refractivity contribution >= 4 is 21.2 Å². The predicted octanol–water partition coefficient (Wildman–Crippen LogP) is 3.21. The minimum Gasteiger partial charge on any atom is -0.393 e. The Morgan fingerprint density at radius 1 is 1.38 bits per heavy atom. The summed E-state index contributed by atoms with van der Waals surface area (Å²) < 4.78 is 59.8. The summed E-state index contributed by atoms with van der Waals surface area (Å²) in [6, 6.07) is 6.40. The van der Waals surface area contributed by atoms with E-state index in [-0.39, 0.29) is 24.1 Å². The second-order valence-electron chi connectivity index (χ2n) is 6.80. The molecule has 0 spiro atoms. The molecule has 0 saturated heterocycles. The van der Waals surface area contributed by atoms with Crippen LogP contribution in [0.25, 0.3) is 10.8 Å². The van der Waals surface area contributed by atoms with Gasteiger partial charge in [0.05, 0.1) is 7.47 Å². The number of rotatable bonds is 2. The zero-order valence-corrected chi connectivity index (χ0v) is 13.9. The number of benzene rings is 2. The van der Waals surface area contributed by atoms with Gasteiger partial charge in [-0.3, -0.25) is 4.55 Å². The molecule has 0 aromatic heterocycles. The van der Waals surface area contributed by atoms with Crippen molar-refractivity contribution in [2.24, 2.45) is 5.41 Å². The number of hydrogen-bond donors (Lipinski definition) is 2. The third-order valence-electron chi connectivity index (χ3n) is 5.47. The van der Waals surface area contributed by atoms with E-state index in [1.165, 1.54) is 6.07 Å². The molecule has 0 heterocycles. The van der Waals surface area contributed by atoms with E-state index in [0.29, 0.717) is 18.2 Å². The molecule has 0 radical (unpaired) electrons. The average Bonchev–Trinajstić information content (AvgIpc) is 2.76. The summed E-state index contributed by atoms with van der Waals surface area (Å²) in [6.07, 6.45) is -1.19. The van der Waals surface area contributed by atoms with Crippen LogP contribution >= 0.6 is 0 Å². The highest BCUT2D eigenvalue weighted by Crippen LogP contribution is 2.56. The fourth-order valence-corrected chi connectivity index (χ4v) is 4.46. The summed E-state index contributed by atoms with van der Waals surface area (Å²) in [5.74, 6) is -0.378. The Bertz CT molecular complexity index is 1050. The van der Waals surface area contributed by atoms with Crippen molar-refractivity contribution in [2.75, 3.05) is 0 Å². The molecule has 6 heteroatoms. The van der Waals surface area contributed by atoms with Gasteiger partial charge in [-0.05, 0) is 65.6 Å². The molecule has 0 amide bonds. The zero-order chi connectivity index (χ0) is 19.8. The fraction of sp³-hybridized carbons (Fsp3) is 0.444. The summed E-state index contributed by atoms with van der Waals surface area (Å²) in [6.45, 7) is 1.93. The standard InChI is InChI=1S/C18H20O5S/c1-18-9-8-14-13-5-3-12(23-24(20,21)22)10-11(13)2-4-15(14)16(18)6-7-17(18)19/h2-5,10,16-17,19H,6-9H2,1H3,(H,20,21,22)/t16?,17-,18-/m0/s1/i7D2,10D. The Balaban J connectivity index is 1.86. The van der Waals surface area contributed by atoms with Crippen LogP contribution in [0.5, 0.6) is 5.75 Å². The molecule has 24 heavy (non-hydrogen) atoms. The number of hydrogen-bond acceptors (Lipinski definition) is 4. The van der Waals surface area contributed by atoms with Gasteiger partial charge in [-0.25, -0.2) is 0 Å². The Kier molecular flexibility index (Phi) is 2.74. The Hall–Kier alpha value is -1.63. The molecule has 128 valence electrons. The van der Waals surface area contributed by atoms with Gasteiger partial charge in [-0.1, -0.05) is 25.1 Å². The van der Waals surface area contributed by atoms with E-state index in [0.717, 1.165) is 16.5 Å². The molecule has 2 aromatic rings. The number of fused-ring (bicyclic) bond motifs is 5. The van der Waals surface area contributed by atoms with E-state index in [4.69, 9.17) is 8.67 Å². The van der Waals surface area contributed by atoms with Crippen LogP contribution in [0.3, 0.4) is 0 Å². The molecule has 5 nitrogen and oxygen atoms in total. The van der Waals surface area contributed by atoms with Gasteiger partial charge in [0.1, 0.15) is 5.75 Å². The molecular formula is C18H20O5S. The Morgan fingerprint density at radius 2 is 2.17 bits per heavy atom. The lowest BCUT2D eigenvalue weighted by molar-refractivity contribution is 0.0459. The first kappa shape index (κ1) is 12.7. The van der Waals surface area contributed by atoms with Gasteiger partial charge < -0.3 is 9.29 Å². The van der Waals surface area contributed by atoms with Crippen LogP contribution in [0.1, 0.15) is 47.3 Å². The summed E-state index contributed by atoms with van der Waals surface area (Å²) in [5, 5.41) is 11.8. The molecule has 1 saturated carbocycles. The minimum atomic E-state index is -4.71. The van der Waals surface area contributed by atoms with Crippen molar-refractivity contribution in [1.82, 2.24) is 0 Å². The smallest absolute Gasteiger partial charge is 0.393 e. The van der Waals surface area contributed by atoms with E-state index in [1.54, 1.807) is 12.1 Å². The fourth-order valence-electron chi connectivity index (χ4n) is 4.14. The highest BCUT2D eigenvalue weighted by molar-refractivity contribution is 7.81. The van der Waals surface area contributed by atoms with Crippen LogP contribution < -0.4 is 4.18 Å². The third-order valence-corrected chi connectivity index (χ3v) is 5.86. The van der Waals surface area contributed by atoms with Crippen LogP contribution in [0.4, 0.5) is 0 Å². The van der Waals surface area contributed by atoms with Gasteiger partial charge in [0.2, 0.25) is 0 Å². The molecular weight excluding hydrogens is 328 g/mol.